The molecule has 1 fully saturated rings. The lowest BCUT2D eigenvalue weighted by molar-refractivity contribution is -0.109. The summed E-state index contributed by atoms with van der Waals surface area (Å²) in [6.07, 6.45) is 4.48. The molecule has 1 saturated carbocycles. The van der Waals surface area contributed by atoms with E-state index in [1.54, 1.807) is 0 Å². The van der Waals surface area contributed by atoms with E-state index >= 15 is 0 Å². The number of hydrogen-bond donors (Lipinski definition) is 0. The summed E-state index contributed by atoms with van der Waals surface area (Å²) in [5.41, 5.74) is 0. The Kier molecular flexibility index (Phi) is 3.30. The fraction of sp³-hybridized carbons (Fsp3) is 0.909. The van der Waals surface area contributed by atoms with Crippen LogP contribution in [-0.2, 0) is 4.79 Å². The van der Waals surface area contributed by atoms with Gasteiger partial charge in [-0.15, -0.1) is 0 Å². The van der Waals surface area contributed by atoms with Gasteiger partial charge in [-0.3, -0.25) is 0 Å². The average molecular weight is 168 g/mol. The van der Waals surface area contributed by atoms with Crippen LogP contribution in [0.3, 0.4) is 0 Å². The molecule has 1 aliphatic rings. The van der Waals surface area contributed by atoms with Crippen molar-refractivity contribution in [2.75, 3.05) is 0 Å². The van der Waals surface area contributed by atoms with Crippen LogP contribution in [0.5, 0.6) is 0 Å². The van der Waals surface area contributed by atoms with E-state index in [0.29, 0.717) is 5.92 Å². The predicted molar refractivity (Wildman–Crippen MR) is 50.9 cm³/mol. The summed E-state index contributed by atoms with van der Waals surface area (Å²) >= 11 is 0. The monoisotopic (exact) mass is 168 g/mol. The standard InChI is InChI=1S/C11H20O/c1-8-6-9(2)11(4-5-12)10(3)7-8/h5,8-11H,4,6-7H2,1-3H3. The lowest BCUT2D eigenvalue weighted by Gasteiger charge is -2.37. The molecule has 2 atom stereocenters. The smallest absolute Gasteiger partial charge is 0.120 e. The average Bonchev–Trinajstić information content (AvgIpc) is 1.96. The maximum Gasteiger partial charge on any atom is 0.120 e. The van der Waals surface area contributed by atoms with E-state index in [9.17, 15) is 4.79 Å². The van der Waals surface area contributed by atoms with Gasteiger partial charge in [0.15, 0.2) is 0 Å². The van der Waals surface area contributed by atoms with Gasteiger partial charge < -0.3 is 4.79 Å². The van der Waals surface area contributed by atoms with Crippen molar-refractivity contribution in [1.82, 2.24) is 0 Å². The summed E-state index contributed by atoms with van der Waals surface area (Å²) in [5, 5.41) is 0. The van der Waals surface area contributed by atoms with E-state index in [-0.39, 0.29) is 0 Å². The van der Waals surface area contributed by atoms with Gasteiger partial charge in [0, 0.05) is 6.42 Å². The highest BCUT2D eigenvalue weighted by atomic mass is 16.1. The zero-order valence-corrected chi connectivity index (χ0v) is 8.42. The number of hydrogen-bond acceptors (Lipinski definition) is 1. The van der Waals surface area contributed by atoms with Crippen molar-refractivity contribution in [2.45, 2.75) is 40.0 Å². The second-order valence-corrected chi connectivity index (χ2v) is 4.60. The maximum absolute atomic E-state index is 10.4. The highest BCUT2D eigenvalue weighted by Gasteiger charge is 2.30. The minimum absolute atomic E-state index is 0.652. The number of aldehydes is 1. The molecule has 1 rings (SSSR count). The number of carbonyl (C=O) groups is 1. The molecule has 0 aromatic rings. The van der Waals surface area contributed by atoms with Crippen LogP contribution in [0.2, 0.25) is 0 Å². The molecular weight excluding hydrogens is 148 g/mol. The molecule has 0 saturated heterocycles. The van der Waals surface area contributed by atoms with Crippen LogP contribution >= 0.6 is 0 Å². The molecule has 0 bridgehead atoms. The largest absolute Gasteiger partial charge is 0.303 e. The van der Waals surface area contributed by atoms with Crippen LogP contribution < -0.4 is 0 Å². The zero-order chi connectivity index (χ0) is 9.14. The van der Waals surface area contributed by atoms with Crippen LogP contribution in [0.25, 0.3) is 0 Å². The summed E-state index contributed by atoms with van der Waals surface area (Å²) < 4.78 is 0. The normalized spacial score (nSPS) is 42.6. The van der Waals surface area contributed by atoms with Crippen molar-refractivity contribution in [3.05, 3.63) is 0 Å². The molecule has 1 nitrogen and oxygen atoms in total. The highest BCUT2D eigenvalue weighted by molar-refractivity contribution is 5.49. The van der Waals surface area contributed by atoms with Gasteiger partial charge in [-0.2, -0.15) is 0 Å². The number of carbonyl (C=O) groups excluding carboxylic acids is 1. The highest BCUT2D eigenvalue weighted by Crippen LogP contribution is 2.38. The summed E-state index contributed by atoms with van der Waals surface area (Å²) in [6, 6.07) is 0. The van der Waals surface area contributed by atoms with E-state index in [0.717, 1.165) is 30.5 Å². The van der Waals surface area contributed by atoms with Gasteiger partial charge >= 0.3 is 0 Å². The molecule has 12 heavy (non-hydrogen) atoms. The predicted octanol–water partition coefficient (Wildman–Crippen LogP) is 2.89. The molecule has 1 heteroatoms. The van der Waals surface area contributed by atoms with Crippen molar-refractivity contribution in [3.8, 4) is 0 Å². The van der Waals surface area contributed by atoms with E-state index < -0.39 is 0 Å². The SMILES string of the molecule is CC1CC(C)C(CC=O)C(C)C1. The van der Waals surface area contributed by atoms with Gasteiger partial charge in [0.2, 0.25) is 0 Å². The summed E-state index contributed by atoms with van der Waals surface area (Å²) in [5.74, 6) is 3.00. The Morgan fingerprint density at radius 1 is 1.17 bits per heavy atom. The third-order valence-corrected chi connectivity index (χ3v) is 3.38. The molecule has 2 unspecified atom stereocenters. The lowest BCUT2D eigenvalue weighted by Crippen LogP contribution is -2.29. The molecule has 0 radical (unpaired) electrons. The van der Waals surface area contributed by atoms with Crippen LogP contribution in [0, 0.1) is 23.7 Å². The Hall–Kier alpha value is -0.330. The minimum atomic E-state index is 0.652. The Morgan fingerprint density at radius 3 is 2.08 bits per heavy atom. The van der Waals surface area contributed by atoms with Crippen LogP contribution in [0.15, 0.2) is 0 Å². The Morgan fingerprint density at radius 2 is 1.67 bits per heavy atom. The Bertz CT molecular complexity index is 141. The molecule has 1 aliphatic carbocycles. The molecular formula is C11H20O. The van der Waals surface area contributed by atoms with Crippen LogP contribution in [0.4, 0.5) is 0 Å². The molecule has 0 aliphatic heterocycles. The van der Waals surface area contributed by atoms with E-state index in [1.165, 1.54) is 12.8 Å². The van der Waals surface area contributed by atoms with E-state index in [2.05, 4.69) is 20.8 Å². The van der Waals surface area contributed by atoms with Crippen molar-refractivity contribution in [1.29, 1.82) is 0 Å². The summed E-state index contributed by atoms with van der Waals surface area (Å²) in [7, 11) is 0. The first-order valence-corrected chi connectivity index (χ1v) is 5.08. The van der Waals surface area contributed by atoms with Crippen molar-refractivity contribution < 1.29 is 4.79 Å². The first-order valence-electron chi connectivity index (χ1n) is 5.08. The molecule has 0 aromatic heterocycles. The molecule has 0 aromatic carbocycles. The topological polar surface area (TPSA) is 17.1 Å². The fourth-order valence-electron chi connectivity index (χ4n) is 2.85. The Labute approximate surface area is 75.5 Å². The van der Waals surface area contributed by atoms with Gasteiger partial charge in [0.25, 0.3) is 0 Å². The van der Waals surface area contributed by atoms with Gasteiger partial charge in [0.05, 0.1) is 0 Å². The van der Waals surface area contributed by atoms with Crippen LogP contribution in [0.1, 0.15) is 40.0 Å². The first-order chi connectivity index (χ1) is 5.65. The van der Waals surface area contributed by atoms with Crippen LogP contribution in [-0.4, -0.2) is 6.29 Å². The Balaban J connectivity index is 2.53. The molecule has 0 spiro atoms. The van der Waals surface area contributed by atoms with Crippen molar-refractivity contribution in [2.24, 2.45) is 23.7 Å². The zero-order valence-electron chi connectivity index (χ0n) is 8.42. The molecule has 0 heterocycles. The molecule has 70 valence electrons. The summed E-state index contributed by atoms with van der Waals surface area (Å²) in [6.45, 7) is 6.91. The van der Waals surface area contributed by atoms with Gasteiger partial charge in [-0.05, 0) is 36.5 Å². The van der Waals surface area contributed by atoms with E-state index in [1.807, 2.05) is 0 Å². The number of rotatable bonds is 2. The van der Waals surface area contributed by atoms with Gasteiger partial charge in [-0.1, -0.05) is 20.8 Å². The van der Waals surface area contributed by atoms with Crippen molar-refractivity contribution in [3.63, 3.8) is 0 Å². The first kappa shape index (κ1) is 9.76. The second-order valence-electron chi connectivity index (χ2n) is 4.60. The van der Waals surface area contributed by atoms with Gasteiger partial charge in [0.1, 0.15) is 6.29 Å². The maximum atomic E-state index is 10.4. The third kappa shape index (κ3) is 2.09. The van der Waals surface area contributed by atoms with Crippen molar-refractivity contribution >= 4 is 6.29 Å². The molecule has 0 amide bonds. The fourth-order valence-corrected chi connectivity index (χ4v) is 2.85. The second kappa shape index (κ2) is 4.06. The van der Waals surface area contributed by atoms with E-state index in [4.69, 9.17) is 0 Å². The third-order valence-electron chi connectivity index (χ3n) is 3.38. The molecule has 0 N–H and O–H groups in total. The van der Waals surface area contributed by atoms with Gasteiger partial charge in [-0.25, -0.2) is 0 Å². The minimum Gasteiger partial charge on any atom is -0.303 e. The quantitative estimate of drug-likeness (QED) is 0.579. The lowest BCUT2D eigenvalue weighted by atomic mass is 9.68. The summed E-state index contributed by atoms with van der Waals surface area (Å²) in [4.78, 5) is 10.4.